The van der Waals surface area contributed by atoms with Gasteiger partial charge >= 0.3 is 0 Å². The predicted octanol–water partition coefficient (Wildman–Crippen LogP) is 4.01. The van der Waals surface area contributed by atoms with Crippen LogP contribution in [0.5, 0.6) is 5.75 Å². The van der Waals surface area contributed by atoms with Crippen LogP contribution in [0.2, 0.25) is 0 Å². The molecule has 0 aliphatic rings. The highest BCUT2D eigenvalue weighted by Crippen LogP contribution is 2.33. The lowest BCUT2D eigenvalue weighted by atomic mass is 10.2. The number of ether oxygens (including phenoxy) is 1. The second-order valence-corrected chi connectivity index (χ2v) is 5.56. The van der Waals surface area contributed by atoms with Crippen molar-refractivity contribution < 1.29 is 4.74 Å². The molecule has 4 nitrogen and oxygen atoms in total. The second kappa shape index (κ2) is 6.86. The number of nitrogens with one attached hydrogen (secondary N) is 1. The van der Waals surface area contributed by atoms with Crippen LogP contribution in [-0.4, -0.2) is 16.6 Å². The van der Waals surface area contributed by atoms with E-state index in [4.69, 9.17) is 4.74 Å². The molecule has 1 heterocycles. The van der Waals surface area contributed by atoms with Crippen LogP contribution in [0.4, 0.5) is 5.69 Å². The molecule has 6 heteroatoms. The van der Waals surface area contributed by atoms with Gasteiger partial charge in [-0.25, -0.2) is 9.97 Å². The third kappa shape index (κ3) is 3.91. The van der Waals surface area contributed by atoms with Crippen molar-refractivity contribution in [3.8, 4) is 5.75 Å². The molecular weight excluding hydrogens is 374 g/mol. The first-order chi connectivity index (χ1) is 9.20. The highest BCUT2D eigenvalue weighted by atomic mass is 79.9. The molecule has 1 aromatic carbocycles. The molecule has 0 fully saturated rings. The Hall–Kier alpha value is -1.14. The lowest BCUT2D eigenvalue weighted by Gasteiger charge is -2.14. The summed E-state index contributed by atoms with van der Waals surface area (Å²) in [6.07, 6.45) is 4.98. The number of hydrogen-bond acceptors (Lipinski definition) is 4. The van der Waals surface area contributed by atoms with Crippen molar-refractivity contribution in [3.05, 3.63) is 45.4 Å². The molecular formula is C13H13Br2N3O. The number of benzene rings is 1. The van der Waals surface area contributed by atoms with Gasteiger partial charge in [-0.1, -0.05) is 15.9 Å². The van der Waals surface area contributed by atoms with Crippen molar-refractivity contribution >= 4 is 37.5 Å². The van der Waals surface area contributed by atoms with Crippen LogP contribution in [0.3, 0.4) is 0 Å². The smallest absolute Gasteiger partial charge is 0.138 e. The van der Waals surface area contributed by atoms with Gasteiger partial charge < -0.3 is 10.1 Å². The van der Waals surface area contributed by atoms with E-state index in [1.165, 1.54) is 6.33 Å². The highest BCUT2D eigenvalue weighted by Gasteiger charge is 2.09. The van der Waals surface area contributed by atoms with Crippen molar-refractivity contribution in [2.45, 2.75) is 13.5 Å². The standard InChI is InChI=1S/C13H13Br2N3O/c1-2-19-13-9(3-10(14)4-12(13)15)5-18-11-6-16-8-17-7-11/h3-4,6-8,18H,2,5H2,1H3. The van der Waals surface area contributed by atoms with Gasteiger partial charge in [-0.15, -0.1) is 0 Å². The molecule has 1 N–H and O–H groups in total. The minimum atomic E-state index is 0.627. The second-order valence-electron chi connectivity index (χ2n) is 3.79. The van der Waals surface area contributed by atoms with E-state index in [0.717, 1.165) is 25.9 Å². The molecule has 1 aromatic heterocycles. The van der Waals surface area contributed by atoms with Crippen LogP contribution in [0, 0.1) is 0 Å². The lowest BCUT2D eigenvalue weighted by molar-refractivity contribution is 0.334. The summed E-state index contributed by atoms with van der Waals surface area (Å²) >= 11 is 7.00. The summed E-state index contributed by atoms with van der Waals surface area (Å²) < 4.78 is 7.61. The molecule has 0 bridgehead atoms. The molecule has 0 saturated carbocycles. The Kier molecular flexibility index (Phi) is 5.15. The van der Waals surface area contributed by atoms with Crippen molar-refractivity contribution in [3.63, 3.8) is 0 Å². The summed E-state index contributed by atoms with van der Waals surface area (Å²) in [7, 11) is 0. The van der Waals surface area contributed by atoms with Crippen molar-refractivity contribution in [2.24, 2.45) is 0 Å². The van der Waals surface area contributed by atoms with E-state index in [1.54, 1.807) is 12.4 Å². The molecule has 2 rings (SSSR count). The first-order valence-corrected chi connectivity index (χ1v) is 7.39. The van der Waals surface area contributed by atoms with E-state index in [-0.39, 0.29) is 0 Å². The summed E-state index contributed by atoms with van der Waals surface area (Å²) in [4.78, 5) is 7.93. The molecule has 0 radical (unpaired) electrons. The Bertz CT molecular complexity index is 549. The van der Waals surface area contributed by atoms with Gasteiger partial charge in [-0.05, 0) is 35.0 Å². The van der Waals surface area contributed by atoms with Crippen LogP contribution in [0.25, 0.3) is 0 Å². The third-order valence-electron chi connectivity index (χ3n) is 2.42. The topological polar surface area (TPSA) is 47.0 Å². The van der Waals surface area contributed by atoms with Gasteiger partial charge in [0, 0.05) is 16.6 Å². The van der Waals surface area contributed by atoms with Gasteiger partial charge in [-0.3, -0.25) is 0 Å². The maximum Gasteiger partial charge on any atom is 0.138 e. The SMILES string of the molecule is CCOc1c(Br)cc(Br)cc1CNc1cncnc1. The largest absolute Gasteiger partial charge is 0.492 e. The normalized spacial score (nSPS) is 10.3. The Morgan fingerprint density at radius 2 is 1.95 bits per heavy atom. The van der Waals surface area contributed by atoms with Crippen LogP contribution < -0.4 is 10.1 Å². The molecule has 0 unspecified atom stereocenters. The molecule has 0 aliphatic heterocycles. The average Bonchev–Trinajstić information content (AvgIpc) is 2.41. The van der Waals surface area contributed by atoms with Gasteiger partial charge in [0.15, 0.2) is 0 Å². The van der Waals surface area contributed by atoms with E-state index in [9.17, 15) is 0 Å². The zero-order valence-corrected chi connectivity index (χ0v) is 13.5. The van der Waals surface area contributed by atoms with Gasteiger partial charge in [0.25, 0.3) is 0 Å². The summed E-state index contributed by atoms with van der Waals surface area (Å²) in [5.74, 6) is 0.857. The van der Waals surface area contributed by atoms with Crippen molar-refractivity contribution in [2.75, 3.05) is 11.9 Å². The van der Waals surface area contributed by atoms with Crippen LogP contribution >= 0.6 is 31.9 Å². The quantitative estimate of drug-likeness (QED) is 0.843. The first kappa shape index (κ1) is 14.3. The zero-order chi connectivity index (χ0) is 13.7. The van der Waals surface area contributed by atoms with E-state index in [2.05, 4.69) is 47.1 Å². The van der Waals surface area contributed by atoms with Gasteiger partial charge in [-0.2, -0.15) is 0 Å². The Balaban J connectivity index is 2.19. The fourth-order valence-corrected chi connectivity index (χ4v) is 3.07. The summed E-state index contributed by atoms with van der Waals surface area (Å²) in [5, 5.41) is 3.27. The van der Waals surface area contributed by atoms with Crippen LogP contribution in [0.1, 0.15) is 12.5 Å². The summed E-state index contributed by atoms with van der Waals surface area (Å²) in [6, 6.07) is 4.01. The number of nitrogens with zero attached hydrogens (tertiary/aromatic N) is 2. The maximum atomic E-state index is 5.67. The summed E-state index contributed by atoms with van der Waals surface area (Å²) in [5.41, 5.74) is 1.94. The molecule has 0 atom stereocenters. The molecule has 100 valence electrons. The van der Waals surface area contributed by atoms with Crippen molar-refractivity contribution in [1.29, 1.82) is 0 Å². The fraction of sp³-hybridized carbons (Fsp3) is 0.231. The van der Waals surface area contributed by atoms with E-state index >= 15 is 0 Å². The number of rotatable bonds is 5. The Morgan fingerprint density at radius 1 is 1.21 bits per heavy atom. The van der Waals surface area contributed by atoms with E-state index < -0.39 is 0 Å². The minimum absolute atomic E-state index is 0.627. The monoisotopic (exact) mass is 385 g/mol. The number of anilines is 1. The average molecular weight is 387 g/mol. The minimum Gasteiger partial charge on any atom is -0.492 e. The Labute approximate surface area is 128 Å². The number of halogens is 2. The molecule has 0 saturated heterocycles. The zero-order valence-electron chi connectivity index (χ0n) is 10.4. The maximum absolute atomic E-state index is 5.67. The van der Waals surface area contributed by atoms with Crippen molar-refractivity contribution in [1.82, 2.24) is 9.97 Å². The van der Waals surface area contributed by atoms with Crippen LogP contribution in [0.15, 0.2) is 39.8 Å². The summed E-state index contributed by atoms with van der Waals surface area (Å²) in [6.45, 7) is 3.24. The van der Waals surface area contributed by atoms with Gasteiger partial charge in [0.1, 0.15) is 12.1 Å². The first-order valence-electron chi connectivity index (χ1n) is 5.80. The predicted molar refractivity (Wildman–Crippen MR) is 82.4 cm³/mol. The van der Waals surface area contributed by atoms with E-state index in [0.29, 0.717) is 13.2 Å². The molecule has 19 heavy (non-hydrogen) atoms. The molecule has 0 aliphatic carbocycles. The number of hydrogen-bond donors (Lipinski definition) is 1. The fourth-order valence-electron chi connectivity index (χ4n) is 1.64. The number of aromatic nitrogens is 2. The molecule has 0 amide bonds. The molecule has 2 aromatic rings. The van der Waals surface area contributed by atoms with E-state index in [1.807, 2.05) is 19.1 Å². The Morgan fingerprint density at radius 3 is 2.63 bits per heavy atom. The van der Waals surface area contributed by atoms with Gasteiger partial charge in [0.2, 0.25) is 0 Å². The highest BCUT2D eigenvalue weighted by molar-refractivity contribution is 9.11. The lowest BCUT2D eigenvalue weighted by Crippen LogP contribution is -2.04. The van der Waals surface area contributed by atoms with Gasteiger partial charge in [0.05, 0.1) is 29.2 Å². The third-order valence-corrected chi connectivity index (χ3v) is 3.46. The van der Waals surface area contributed by atoms with Crippen LogP contribution in [-0.2, 0) is 6.54 Å². The molecule has 0 spiro atoms.